The summed E-state index contributed by atoms with van der Waals surface area (Å²) in [4.78, 5) is 14.3. The molecular weight excluding hydrogens is 216 g/mol. The first-order valence-corrected chi connectivity index (χ1v) is 6.61. The largest absolute Gasteiger partial charge is 0.364 e. The minimum Gasteiger partial charge on any atom is -0.364 e. The molecule has 1 fully saturated rings. The zero-order valence-electron chi connectivity index (χ0n) is 11.5. The number of nitrogens with zero attached hydrogens (tertiary/aromatic N) is 1. The smallest absolute Gasteiger partial charge is 0.251 e. The number of rotatable bonds is 5. The van der Waals surface area contributed by atoms with E-state index in [2.05, 4.69) is 27.7 Å². The summed E-state index contributed by atoms with van der Waals surface area (Å²) in [5, 5.41) is 0. The van der Waals surface area contributed by atoms with Crippen LogP contribution >= 0.6 is 0 Å². The molecular formula is C13H26N2O2. The molecule has 0 spiro atoms. The van der Waals surface area contributed by atoms with Gasteiger partial charge in [-0.1, -0.05) is 13.8 Å². The highest BCUT2D eigenvalue weighted by Crippen LogP contribution is 2.22. The van der Waals surface area contributed by atoms with Gasteiger partial charge in [0.15, 0.2) is 0 Å². The molecule has 1 rings (SSSR count). The van der Waals surface area contributed by atoms with E-state index in [9.17, 15) is 4.79 Å². The lowest BCUT2D eigenvalue weighted by Crippen LogP contribution is -2.45. The molecule has 0 aromatic heterocycles. The van der Waals surface area contributed by atoms with Gasteiger partial charge in [-0.3, -0.25) is 4.79 Å². The fourth-order valence-corrected chi connectivity index (χ4v) is 2.19. The highest BCUT2D eigenvalue weighted by molar-refractivity contribution is 5.81. The average molecular weight is 242 g/mol. The van der Waals surface area contributed by atoms with Gasteiger partial charge in [0, 0.05) is 19.1 Å². The van der Waals surface area contributed by atoms with Crippen LogP contribution in [0, 0.1) is 5.92 Å². The number of ether oxygens (including phenoxy) is 1. The molecule has 1 saturated heterocycles. The van der Waals surface area contributed by atoms with Crippen molar-refractivity contribution in [1.29, 1.82) is 0 Å². The van der Waals surface area contributed by atoms with Crippen LogP contribution in [-0.2, 0) is 9.53 Å². The van der Waals surface area contributed by atoms with E-state index in [0.29, 0.717) is 12.5 Å². The van der Waals surface area contributed by atoms with Crippen molar-refractivity contribution >= 4 is 5.91 Å². The van der Waals surface area contributed by atoms with Gasteiger partial charge in [-0.2, -0.15) is 0 Å². The van der Waals surface area contributed by atoms with Crippen molar-refractivity contribution in [2.75, 3.05) is 13.1 Å². The van der Waals surface area contributed by atoms with Crippen molar-refractivity contribution in [2.24, 2.45) is 11.7 Å². The number of carbonyl (C=O) groups excluding carboxylic acids is 1. The fourth-order valence-electron chi connectivity index (χ4n) is 2.19. The molecule has 1 heterocycles. The number of nitrogens with two attached hydrogens (primary N) is 1. The van der Waals surface area contributed by atoms with Crippen LogP contribution in [0.25, 0.3) is 0 Å². The Bertz CT molecular complexity index is 254. The first-order valence-electron chi connectivity index (χ1n) is 6.61. The van der Waals surface area contributed by atoms with Crippen LogP contribution in [0.5, 0.6) is 0 Å². The van der Waals surface area contributed by atoms with E-state index < -0.39 is 0 Å². The maximum Gasteiger partial charge on any atom is 0.251 e. The zero-order chi connectivity index (χ0) is 13.0. The Morgan fingerprint density at radius 2 is 2.00 bits per heavy atom. The van der Waals surface area contributed by atoms with Crippen molar-refractivity contribution in [3.8, 4) is 0 Å². The Morgan fingerprint density at radius 3 is 2.41 bits per heavy atom. The van der Waals surface area contributed by atoms with Gasteiger partial charge in [0.25, 0.3) is 5.91 Å². The summed E-state index contributed by atoms with van der Waals surface area (Å²) >= 11 is 0. The van der Waals surface area contributed by atoms with Crippen LogP contribution in [0.15, 0.2) is 0 Å². The summed E-state index contributed by atoms with van der Waals surface area (Å²) in [5.74, 6) is 0.609. The summed E-state index contributed by atoms with van der Waals surface area (Å²) in [6.45, 7) is 9.66. The van der Waals surface area contributed by atoms with Crippen molar-refractivity contribution < 1.29 is 9.53 Å². The van der Waals surface area contributed by atoms with E-state index in [4.69, 9.17) is 10.5 Å². The molecule has 0 aliphatic carbocycles. The molecule has 1 aliphatic rings. The molecule has 17 heavy (non-hydrogen) atoms. The molecule has 1 aliphatic heterocycles. The first-order chi connectivity index (χ1) is 7.95. The molecule has 1 amide bonds. The summed E-state index contributed by atoms with van der Waals surface area (Å²) in [6.07, 6.45) is 1.50. The number of hydrogen-bond donors (Lipinski definition) is 1. The maximum absolute atomic E-state index is 12.3. The molecule has 0 saturated carbocycles. The van der Waals surface area contributed by atoms with E-state index >= 15 is 0 Å². The molecule has 4 nitrogen and oxygen atoms in total. The molecule has 0 bridgehead atoms. The van der Waals surface area contributed by atoms with E-state index in [1.165, 1.54) is 0 Å². The minimum atomic E-state index is -0.273. The summed E-state index contributed by atoms with van der Waals surface area (Å²) < 4.78 is 5.67. The Kier molecular flexibility index (Phi) is 5.40. The molecule has 0 radical (unpaired) electrons. The topological polar surface area (TPSA) is 55.6 Å². The number of amides is 1. The lowest BCUT2D eigenvalue weighted by Gasteiger charge is -2.30. The van der Waals surface area contributed by atoms with Crippen molar-refractivity contribution in [2.45, 2.75) is 58.8 Å². The van der Waals surface area contributed by atoms with Crippen molar-refractivity contribution in [1.82, 2.24) is 4.90 Å². The minimum absolute atomic E-state index is 0.0667. The third-order valence-electron chi connectivity index (χ3n) is 3.11. The number of hydrogen-bond acceptors (Lipinski definition) is 3. The highest BCUT2D eigenvalue weighted by Gasteiger charge is 2.33. The van der Waals surface area contributed by atoms with E-state index in [1.54, 1.807) is 0 Å². The second kappa shape index (κ2) is 6.36. The van der Waals surface area contributed by atoms with Gasteiger partial charge >= 0.3 is 0 Å². The monoisotopic (exact) mass is 242 g/mol. The second-order valence-electron chi connectivity index (χ2n) is 5.54. The quantitative estimate of drug-likeness (QED) is 0.792. The second-order valence-corrected chi connectivity index (χ2v) is 5.54. The predicted octanol–water partition coefficient (Wildman–Crippen LogP) is 1.39. The SMILES string of the molecule is CC(C)CN(C(=O)[C@@H]1CC[C@H](CN)O1)C(C)C. The van der Waals surface area contributed by atoms with Crippen LogP contribution < -0.4 is 5.73 Å². The van der Waals surface area contributed by atoms with Crippen LogP contribution in [0.2, 0.25) is 0 Å². The van der Waals surface area contributed by atoms with E-state index in [1.807, 2.05) is 4.90 Å². The van der Waals surface area contributed by atoms with Gasteiger partial charge in [-0.05, 0) is 32.6 Å². The van der Waals surface area contributed by atoms with Crippen molar-refractivity contribution in [3.63, 3.8) is 0 Å². The van der Waals surface area contributed by atoms with Gasteiger partial charge < -0.3 is 15.4 Å². The van der Waals surface area contributed by atoms with Crippen LogP contribution in [0.3, 0.4) is 0 Å². The van der Waals surface area contributed by atoms with Gasteiger partial charge in [0.1, 0.15) is 6.10 Å². The van der Waals surface area contributed by atoms with Gasteiger partial charge in [-0.25, -0.2) is 0 Å². The van der Waals surface area contributed by atoms with Crippen LogP contribution in [0.4, 0.5) is 0 Å². The van der Waals surface area contributed by atoms with Crippen LogP contribution in [0.1, 0.15) is 40.5 Å². The molecule has 100 valence electrons. The summed E-state index contributed by atoms with van der Waals surface area (Å²) in [5.41, 5.74) is 5.56. The van der Waals surface area contributed by atoms with Gasteiger partial charge in [-0.15, -0.1) is 0 Å². The standard InChI is InChI=1S/C13H26N2O2/c1-9(2)8-15(10(3)4)13(16)12-6-5-11(7-14)17-12/h9-12H,5-8,14H2,1-4H3/t11-,12+/m1/s1. The predicted molar refractivity (Wildman–Crippen MR) is 68.6 cm³/mol. The zero-order valence-corrected chi connectivity index (χ0v) is 11.5. The fraction of sp³-hybridized carbons (Fsp3) is 0.923. The Morgan fingerprint density at radius 1 is 1.35 bits per heavy atom. The Balaban J connectivity index is 2.59. The first kappa shape index (κ1) is 14.5. The Hall–Kier alpha value is -0.610. The number of carbonyl (C=O) groups is 1. The highest BCUT2D eigenvalue weighted by atomic mass is 16.5. The van der Waals surface area contributed by atoms with Crippen molar-refractivity contribution in [3.05, 3.63) is 0 Å². The summed E-state index contributed by atoms with van der Waals surface area (Å²) in [6, 6.07) is 0.227. The third-order valence-corrected chi connectivity index (χ3v) is 3.11. The maximum atomic E-state index is 12.3. The normalized spacial score (nSPS) is 24.6. The third kappa shape index (κ3) is 3.96. The lowest BCUT2D eigenvalue weighted by molar-refractivity contribution is -0.145. The average Bonchev–Trinajstić information content (AvgIpc) is 2.72. The van der Waals surface area contributed by atoms with Gasteiger partial charge in [0.05, 0.1) is 6.10 Å². The van der Waals surface area contributed by atoms with E-state index in [-0.39, 0.29) is 24.2 Å². The molecule has 0 aromatic carbocycles. The van der Waals surface area contributed by atoms with Crippen LogP contribution in [-0.4, -0.2) is 42.1 Å². The molecule has 2 atom stereocenters. The van der Waals surface area contributed by atoms with Gasteiger partial charge in [0.2, 0.25) is 0 Å². The molecule has 2 N–H and O–H groups in total. The lowest BCUT2D eigenvalue weighted by atomic mass is 10.1. The Labute approximate surface area is 104 Å². The summed E-state index contributed by atoms with van der Waals surface area (Å²) in [7, 11) is 0. The molecule has 4 heteroatoms. The molecule has 0 aromatic rings. The van der Waals surface area contributed by atoms with E-state index in [0.717, 1.165) is 19.4 Å². The molecule has 0 unspecified atom stereocenters.